The van der Waals surface area contributed by atoms with Gasteiger partial charge in [0.15, 0.2) is 0 Å². The van der Waals surface area contributed by atoms with Gasteiger partial charge in [-0.1, -0.05) is 0 Å². The maximum Gasteiger partial charge on any atom is 0.249 e. The normalized spacial score (nSPS) is 38.6. The Hall–Kier alpha value is -0.480. The minimum absolute atomic E-state index is 0.0407. The molecule has 0 radical (unpaired) electrons. The smallest absolute Gasteiger partial charge is 0.249 e. The van der Waals surface area contributed by atoms with Crippen molar-refractivity contribution in [3.05, 3.63) is 0 Å². The van der Waals surface area contributed by atoms with Crippen molar-refractivity contribution in [3.63, 3.8) is 0 Å². The number of nitrogens with zero attached hydrogens (tertiary/aromatic N) is 2. The molecular formula is C21H34Cl2N2O2. The van der Waals surface area contributed by atoms with E-state index in [0.717, 1.165) is 51.4 Å². The number of rotatable bonds is 4. The molecule has 3 fully saturated rings. The Morgan fingerprint density at radius 2 is 1.48 bits per heavy atom. The van der Waals surface area contributed by atoms with E-state index in [0.29, 0.717) is 12.5 Å². The topological polar surface area (TPSA) is 40.6 Å². The van der Waals surface area contributed by atoms with Crippen LogP contribution in [0.5, 0.6) is 0 Å². The fourth-order valence-corrected chi connectivity index (χ4v) is 5.75. The van der Waals surface area contributed by atoms with Gasteiger partial charge in [0.1, 0.15) is 12.1 Å². The quantitative estimate of drug-likeness (QED) is 0.636. The molecule has 1 aliphatic heterocycles. The first-order valence-electron chi connectivity index (χ1n) is 10.6. The lowest BCUT2D eigenvalue weighted by Gasteiger charge is -2.54. The van der Waals surface area contributed by atoms with E-state index < -0.39 is 5.54 Å². The van der Waals surface area contributed by atoms with Crippen LogP contribution in [0, 0.1) is 11.8 Å². The van der Waals surface area contributed by atoms with Crippen LogP contribution in [0.25, 0.3) is 0 Å². The van der Waals surface area contributed by atoms with Gasteiger partial charge in [-0.25, -0.2) is 0 Å². The number of halogens is 2. The molecule has 154 valence electrons. The molecular weight excluding hydrogens is 383 g/mol. The Morgan fingerprint density at radius 3 is 2.00 bits per heavy atom. The van der Waals surface area contributed by atoms with Gasteiger partial charge in [-0.05, 0) is 84.0 Å². The largest absolute Gasteiger partial charge is 0.329 e. The van der Waals surface area contributed by atoms with E-state index in [1.54, 1.807) is 4.90 Å². The summed E-state index contributed by atoms with van der Waals surface area (Å²) in [6.07, 6.45) is 7.80. The third-order valence-corrected chi connectivity index (χ3v) is 8.03. The average Bonchev–Trinajstić information content (AvgIpc) is 2.63. The Kier molecular flexibility index (Phi) is 6.67. The van der Waals surface area contributed by atoms with E-state index in [-0.39, 0.29) is 41.1 Å². The standard InChI is InChI=1S/C21H34Cl2N2O2/c1-14(2)24-13-19(26)25(12-15-4-8-17(22)9-5-15)21(3,20(24)27)16-6-10-18(23)11-7-16/h14-18H,4-13H2,1-3H3. The highest BCUT2D eigenvalue weighted by atomic mass is 35.5. The number of hydrogen-bond donors (Lipinski definition) is 0. The number of carbonyl (C=O) groups is 2. The molecule has 2 amide bonds. The third-order valence-electron chi connectivity index (χ3n) is 7.15. The first kappa shape index (κ1) is 21.2. The maximum atomic E-state index is 13.6. The molecule has 6 heteroatoms. The lowest BCUT2D eigenvalue weighted by molar-refractivity contribution is -0.172. The maximum absolute atomic E-state index is 13.6. The van der Waals surface area contributed by atoms with Crippen molar-refractivity contribution in [2.75, 3.05) is 13.1 Å². The Labute approximate surface area is 173 Å². The summed E-state index contributed by atoms with van der Waals surface area (Å²) in [6, 6.07) is 0.0407. The fourth-order valence-electron chi connectivity index (χ4n) is 5.25. The van der Waals surface area contributed by atoms with Crippen LogP contribution in [0.4, 0.5) is 0 Å². The second kappa shape index (κ2) is 8.49. The molecule has 0 bridgehead atoms. The first-order chi connectivity index (χ1) is 12.7. The summed E-state index contributed by atoms with van der Waals surface area (Å²) in [7, 11) is 0. The molecule has 1 saturated heterocycles. The Balaban J connectivity index is 1.85. The molecule has 2 aliphatic carbocycles. The fraction of sp³-hybridized carbons (Fsp3) is 0.905. The van der Waals surface area contributed by atoms with Gasteiger partial charge >= 0.3 is 0 Å². The van der Waals surface area contributed by atoms with Crippen LogP contribution >= 0.6 is 23.2 Å². The van der Waals surface area contributed by atoms with Gasteiger partial charge in [0.25, 0.3) is 0 Å². The molecule has 0 aromatic carbocycles. The highest BCUT2D eigenvalue weighted by molar-refractivity contribution is 6.20. The number of amides is 2. The van der Waals surface area contributed by atoms with Gasteiger partial charge in [-0.2, -0.15) is 0 Å². The molecule has 0 N–H and O–H groups in total. The second-order valence-electron chi connectivity index (χ2n) is 9.25. The molecule has 2 saturated carbocycles. The minimum atomic E-state index is -0.742. The van der Waals surface area contributed by atoms with E-state index >= 15 is 0 Å². The van der Waals surface area contributed by atoms with E-state index in [2.05, 4.69) is 0 Å². The van der Waals surface area contributed by atoms with E-state index in [4.69, 9.17) is 23.2 Å². The molecule has 0 spiro atoms. The van der Waals surface area contributed by atoms with Crippen molar-refractivity contribution >= 4 is 35.0 Å². The van der Waals surface area contributed by atoms with E-state index in [9.17, 15) is 9.59 Å². The van der Waals surface area contributed by atoms with Crippen molar-refractivity contribution in [1.29, 1.82) is 0 Å². The van der Waals surface area contributed by atoms with Crippen molar-refractivity contribution in [3.8, 4) is 0 Å². The lowest BCUT2D eigenvalue weighted by Crippen LogP contribution is -2.71. The van der Waals surface area contributed by atoms with Crippen molar-refractivity contribution in [2.24, 2.45) is 11.8 Å². The zero-order valence-corrected chi connectivity index (χ0v) is 18.4. The van der Waals surface area contributed by atoms with Crippen molar-refractivity contribution in [2.45, 2.75) is 94.5 Å². The molecule has 1 unspecified atom stereocenters. The summed E-state index contributed by atoms with van der Waals surface area (Å²) in [5, 5.41) is 0.467. The molecule has 3 rings (SSSR count). The molecule has 1 heterocycles. The van der Waals surface area contributed by atoms with Gasteiger partial charge < -0.3 is 9.80 Å². The summed E-state index contributed by atoms with van der Waals surface area (Å²) >= 11 is 12.6. The number of carbonyl (C=O) groups excluding carboxylic acids is 2. The molecule has 0 aromatic rings. The monoisotopic (exact) mass is 416 g/mol. The van der Waals surface area contributed by atoms with Crippen LogP contribution in [-0.4, -0.2) is 57.0 Å². The summed E-state index contributed by atoms with van der Waals surface area (Å²) in [6.45, 7) is 6.92. The zero-order valence-electron chi connectivity index (χ0n) is 16.9. The highest BCUT2D eigenvalue weighted by Gasteiger charge is 2.54. The third kappa shape index (κ3) is 4.27. The van der Waals surface area contributed by atoms with Crippen LogP contribution in [0.3, 0.4) is 0 Å². The Bertz CT molecular complexity index is 554. The number of piperazine rings is 1. The van der Waals surface area contributed by atoms with Gasteiger partial charge in [0.2, 0.25) is 11.8 Å². The minimum Gasteiger partial charge on any atom is -0.329 e. The molecule has 27 heavy (non-hydrogen) atoms. The lowest BCUT2D eigenvalue weighted by atomic mass is 9.72. The van der Waals surface area contributed by atoms with Crippen LogP contribution in [-0.2, 0) is 9.59 Å². The van der Waals surface area contributed by atoms with Gasteiger partial charge in [0.05, 0.1) is 0 Å². The van der Waals surface area contributed by atoms with Crippen molar-refractivity contribution < 1.29 is 9.59 Å². The predicted octanol–water partition coefficient (Wildman–Crippen LogP) is 4.42. The summed E-state index contributed by atoms with van der Waals surface area (Å²) in [4.78, 5) is 30.5. The average molecular weight is 417 g/mol. The van der Waals surface area contributed by atoms with Gasteiger partial charge in [0, 0.05) is 23.3 Å². The Morgan fingerprint density at radius 1 is 0.963 bits per heavy atom. The van der Waals surface area contributed by atoms with E-state index in [1.807, 2.05) is 25.7 Å². The predicted molar refractivity (Wildman–Crippen MR) is 110 cm³/mol. The van der Waals surface area contributed by atoms with Gasteiger partial charge in [-0.15, -0.1) is 23.2 Å². The van der Waals surface area contributed by atoms with Crippen LogP contribution in [0.1, 0.15) is 72.1 Å². The number of hydrogen-bond acceptors (Lipinski definition) is 2. The number of alkyl halides is 2. The van der Waals surface area contributed by atoms with Crippen LogP contribution in [0.15, 0.2) is 0 Å². The molecule has 3 aliphatic rings. The van der Waals surface area contributed by atoms with E-state index in [1.165, 1.54) is 0 Å². The first-order valence-corrected chi connectivity index (χ1v) is 11.5. The van der Waals surface area contributed by atoms with Crippen LogP contribution < -0.4 is 0 Å². The SMILES string of the molecule is CC(C)N1CC(=O)N(CC2CCC(Cl)CC2)C(C)(C2CCC(Cl)CC2)C1=O. The van der Waals surface area contributed by atoms with Crippen molar-refractivity contribution in [1.82, 2.24) is 9.80 Å². The summed E-state index contributed by atoms with van der Waals surface area (Å²) in [5.41, 5.74) is -0.742. The summed E-state index contributed by atoms with van der Waals surface area (Å²) in [5.74, 6) is 0.869. The van der Waals surface area contributed by atoms with Gasteiger partial charge in [-0.3, -0.25) is 9.59 Å². The highest BCUT2D eigenvalue weighted by Crippen LogP contribution is 2.42. The molecule has 0 aromatic heterocycles. The second-order valence-corrected chi connectivity index (χ2v) is 10.5. The molecule has 1 atom stereocenters. The molecule has 4 nitrogen and oxygen atoms in total. The summed E-state index contributed by atoms with van der Waals surface area (Å²) < 4.78 is 0. The van der Waals surface area contributed by atoms with Crippen LogP contribution in [0.2, 0.25) is 0 Å². The zero-order chi connectivity index (χ0) is 19.8.